The number of halogens is 2. The van der Waals surface area contributed by atoms with Crippen LogP contribution in [0.4, 0.5) is 15.3 Å². The van der Waals surface area contributed by atoms with E-state index in [0.717, 1.165) is 4.90 Å². The van der Waals surface area contributed by atoms with Gasteiger partial charge < -0.3 is 5.73 Å². The molecule has 0 bridgehead atoms. The molecule has 8 heteroatoms. The van der Waals surface area contributed by atoms with Crippen molar-refractivity contribution in [2.45, 2.75) is 0 Å². The molecule has 18 heavy (non-hydrogen) atoms. The number of hydrogen-bond acceptors (Lipinski definition) is 3. The smallest absolute Gasteiger partial charge is 0.340 e. The number of carbonyl (C=O) groups excluding carboxylic acids is 3. The van der Waals surface area contributed by atoms with Gasteiger partial charge in [0.1, 0.15) is 6.54 Å². The average molecular weight is 288 g/mol. The van der Waals surface area contributed by atoms with Gasteiger partial charge in [0.05, 0.1) is 5.69 Å². The predicted octanol–water partition coefficient (Wildman–Crippen LogP) is 1.84. The number of anilines is 1. The number of carbonyl (C=O) groups is 3. The highest BCUT2D eigenvalue weighted by Gasteiger charge is 2.40. The van der Waals surface area contributed by atoms with Crippen molar-refractivity contribution in [3.05, 3.63) is 28.2 Å². The van der Waals surface area contributed by atoms with Crippen LogP contribution < -0.4 is 10.6 Å². The molecule has 1 heterocycles. The molecule has 0 aromatic heterocycles. The summed E-state index contributed by atoms with van der Waals surface area (Å²) in [6.45, 7) is -0.391. The second-order valence-corrected chi connectivity index (χ2v) is 4.44. The summed E-state index contributed by atoms with van der Waals surface area (Å²) in [5, 5.41) is 0.547. The summed E-state index contributed by atoms with van der Waals surface area (Å²) in [5.74, 6) is -0.572. The van der Waals surface area contributed by atoms with Crippen molar-refractivity contribution < 1.29 is 14.4 Å². The molecule has 2 rings (SSSR count). The van der Waals surface area contributed by atoms with Crippen molar-refractivity contribution in [2.24, 2.45) is 5.73 Å². The number of amides is 5. The van der Waals surface area contributed by atoms with Crippen molar-refractivity contribution in [1.82, 2.24) is 4.90 Å². The second kappa shape index (κ2) is 4.47. The molecule has 0 spiro atoms. The topological polar surface area (TPSA) is 83.7 Å². The van der Waals surface area contributed by atoms with Gasteiger partial charge in [-0.15, -0.1) is 0 Å². The fourth-order valence-electron chi connectivity index (χ4n) is 1.60. The lowest BCUT2D eigenvalue weighted by Crippen LogP contribution is -2.39. The Morgan fingerprint density at radius 3 is 2.17 bits per heavy atom. The molecule has 0 radical (unpaired) electrons. The minimum Gasteiger partial charge on any atom is -0.351 e. The molecule has 0 unspecified atom stereocenters. The highest BCUT2D eigenvalue weighted by Crippen LogP contribution is 2.28. The second-order valence-electron chi connectivity index (χ2n) is 3.56. The largest absolute Gasteiger partial charge is 0.351 e. The van der Waals surface area contributed by atoms with Crippen molar-refractivity contribution >= 4 is 46.9 Å². The first kappa shape index (κ1) is 12.7. The maximum atomic E-state index is 11.8. The minimum absolute atomic E-state index is 0.200. The van der Waals surface area contributed by atoms with Crippen molar-refractivity contribution in [1.29, 1.82) is 0 Å². The first-order chi connectivity index (χ1) is 8.40. The summed E-state index contributed by atoms with van der Waals surface area (Å²) in [6.07, 6.45) is 0. The molecule has 6 nitrogen and oxygen atoms in total. The van der Waals surface area contributed by atoms with Crippen molar-refractivity contribution in [3.8, 4) is 0 Å². The fourth-order valence-corrected chi connectivity index (χ4v) is 2.11. The van der Waals surface area contributed by atoms with E-state index in [9.17, 15) is 14.4 Å². The molecule has 0 atom stereocenters. The van der Waals surface area contributed by atoms with Crippen LogP contribution in [0.25, 0.3) is 0 Å². The Kier molecular flexibility index (Phi) is 3.14. The monoisotopic (exact) mass is 287 g/mol. The third kappa shape index (κ3) is 2.12. The zero-order valence-corrected chi connectivity index (χ0v) is 10.4. The maximum absolute atomic E-state index is 11.8. The molecule has 0 saturated carbocycles. The van der Waals surface area contributed by atoms with Gasteiger partial charge >= 0.3 is 12.1 Å². The Bertz CT molecular complexity index is 541. The molecule has 1 fully saturated rings. The zero-order chi connectivity index (χ0) is 13.4. The van der Waals surface area contributed by atoms with E-state index in [2.05, 4.69) is 0 Å². The van der Waals surface area contributed by atoms with Gasteiger partial charge in [-0.05, 0) is 18.2 Å². The van der Waals surface area contributed by atoms with E-state index in [-0.39, 0.29) is 15.7 Å². The van der Waals surface area contributed by atoms with E-state index in [4.69, 9.17) is 28.9 Å². The first-order valence-corrected chi connectivity index (χ1v) is 5.55. The van der Waals surface area contributed by atoms with Crippen molar-refractivity contribution in [3.63, 3.8) is 0 Å². The van der Waals surface area contributed by atoms with Crippen LogP contribution in [-0.2, 0) is 4.79 Å². The van der Waals surface area contributed by atoms with Gasteiger partial charge in [0.2, 0.25) is 0 Å². The lowest BCUT2D eigenvalue weighted by Gasteiger charge is -2.15. The van der Waals surface area contributed by atoms with Crippen LogP contribution in [-0.4, -0.2) is 29.4 Å². The summed E-state index contributed by atoms with van der Waals surface area (Å²) in [7, 11) is 0. The molecule has 5 amide bonds. The number of rotatable bonds is 1. The molecular weight excluding hydrogens is 281 g/mol. The Hall–Kier alpha value is -1.79. The van der Waals surface area contributed by atoms with Crippen LogP contribution in [0, 0.1) is 0 Å². The quantitative estimate of drug-likeness (QED) is 0.800. The molecule has 1 aromatic carbocycles. The highest BCUT2D eigenvalue weighted by atomic mass is 35.5. The summed E-state index contributed by atoms with van der Waals surface area (Å²) in [6, 6.07) is 2.46. The number of hydrogen-bond donors (Lipinski definition) is 1. The van der Waals surface area contributed by atoms with Crippen LogP contribution in [0.3, 0.4) is 0 Å². The zero-order valence-electron chi connectivity index (χ0n) is 8.89. The third-order valence-corrected chi connectivity index (χ3v) is 2.77. The fraction of sp³-hybridized carbons (Fsp3) is 0.100. The lowest BCUT2D eigenvalue weighted by molar-refractivity contribution is -0.116. The van der Waals surface area contributed by atoms with Crippen LogP contribution >= 0.6 is 23.2 Å². The van der Waals surface area contributed by atoms with E-state index in [1.165, 1.54) is 18.2 Å². The molecular formula is C10H7Cl2N3O3. The Morgan fingerprint density at radius 2 is 1.72 bits per heavy atom. The molecule has 2 N–H and O–H groups in total. The third-order valence-electron chi connectivity index (χ3n) is 2.34. The van der Waals surface area contributed by atoms with Gasteiger partial charge in [0.15, 0.2) is 0 Å². The number of primary amides is 1. The number of nitrogens with zero attached hydrogens (tertiary/aromatic N) is 2. The van der Waals surface area contributed by atoms with Crippen molar-refractivity contribution in [2.75, 3.05) is 11.4 Å². The summed E-state index contributed by atoms with van der Waals surface area (Å²) >= 11 is 11.6. The van der Waals surface area contributed by atoms with E-state index < -0.39 is 24.5 Å². The molecule has 1 saturated heterocycles. The highest BCUT2D eigenvalue weighted by molar-refractivity contribution is 6.35. The number of imide groups is 2. The number of nitrogens with two attached hydrogens (primary N) is 1. The van der Waals surface area contributed by atoms with Gasteiger partial charge in [-0.3, -0.25) is 4.79 Å². The SMILES string of the molecule is NC(=O)N1CC(=O)N(c2cc(Cl)cc(Cl)c2)C1=O. The molecule has 0 aliphatic carbocycles. The Labute approximate surface area is 112 Å². The predicted molar refractivity (Wildman–Crippen MR) is 65.6 cm³/mol. The van der Waals surface area contributed by atoms with Gasteiger partial charge in [-0.2, -0.15) is 0 Å². The lowest BCUT2D eigenvalue weighted by atomic mass is 10.3. The minimum atomic E-state index is -0.982. The van der Waals surface area contributed by atoms with Crippen LogP contribution in [0.15, 0.2) is 18.2 Å². The number of benzene rings is 1. The van der Waals surface area contributed by atoms with Crippen LogP contribution in [0.5, 0.6) is 0 Å². The normalized spacial score (nSPS) is 15.4. The van der Waals surface area contributed by atoms with Crippen LogP contribution in [0.2, 0.25) is 10.0 Å². The van der Waals surface area contributed by atoms with E-state index >= 15 is 0 Å². The molecule has 1 aliphatic heterocycles. The van der Waals surface area contributed by atoms with Crippen LogP contribution in [0.1, 0.15) is 0 Å². The molecule has 1 aliphatic rings. The van der Waals surface area contributed by atoms with Gasteiger partial charge in [0.25, 0.3) is 5.91 Å². The molecule has 1 aromatic rings. The maximum Gasteiger partial charge on any atom is 0.340 e. The van der Waals surface area contributed by atoms with Gasteiger partial charge in [0, 0.05) is 10.0 Å². The summed E-state index contributed by atoms with van der Waals surface area (Å²) in [5.41, 5.74) is 5.19. The average Bonchev–Trinajstić information content (AvgIpc) is 2.52. The summed E-state index contributed by atoms with van der Waals surface area (Å²) in [4.78, 5) is 35.9. The van der Waals surface area contributed by atoms with E-state index in [0.29, 0.717) is 4.90 Å². The number of urea groups is 2. The standard InChI is InChI=1S/C10H7Cl2N3O3/c11-5-1-6(12)3-7(2-5)15-8(16)4-14(9(13)17)10(15)18/h1-3H,4H2,(H2,13,17). The Morgan fingerprint density at radius 1 is 1.17 bits per heavy atom. The first-order valence-electron chi connectivity index (χ1n) is 4.80. The summed E-state index contributed by atoms with van der Waals surface area (Å²) < 4.78 is 0. The Balaban J connectivity index is 2.42. The van der Waals surface area contributed by atoms with E-state index in [1.807, 2.05) is 0 Å². The van der Waals surface area contributed by atoms with Gasteiger partial charge in [-0.1, -0.05) is 23.2 Å². The van der Waals surface area contributed by atoms with E-state index in [1.54, 1.807) is 0 Å². The molecule has 94 valence electrons. The van der Waals surface area contributed by atoms with Gasteiger partial charge in [-0.25, -0.2) is 19.4 Å².